The van der Waals surface area contributed by atoms with Crippen LogP contribution in [0.25, 0.3) is 0 Å². The van der Waals surface area contributed by atoms with E-state index in [1.807, 2.05) is 0 Å². The van der Waals surface area contributed by atoms with E-state index in [-0.39, 0.29) is 12.1 Å². The van der Waals surface area contributed by atoms with Gasteiger partial charge < -0.3 is 35.0 Å². The van der Waals surface area contributed by atoms with E-state index in [0.29, 0.717) is 50.5 Å². The predicted octanol–water partition coefficient (Wildman–Crippen LogP) is 6.03. The molecule has 8 heteroatoms. The molecule has 8 nitrogen and oxygen atoms in total. The lowest BCUT2D eigenvalue weighted by Crippen LogP contribution is -2.35. The molecule has 0 amide bonds. The van der Waals surface area contributed by atoms with E-state index in [9.17, 15) is 30.3 Å². The van der Waals surface area contributed by atoms with Crippen LogP contribution in [0.5, 0.6) is 0 Å². The Bertz CT molecular complexity index is 758. The van der Waals surface area contributed by atoms with Gasteiger partial charge in [-0.25, -0.2) is 4.79 Å². The van der Waals surface area contributed by atoms with Crippen molar-refractivity contribution < 1.29 is 39.8 Å². The van der Waals surface area contributed by atoms with Gasteiger partial charge in [-0.2, -0.15) is 0 Å². The Labute approximate surface area is 261 Å². The van der Waals surface area contributed by atoms with E-state index in [2.05, 4.69) is 6.92 Å². The number of cyclic esters (lactones) is 1. The molecule has 2 aliphatic heterocycles. The van der Waals surface area contributed by atoms with Crippen LogP contribution in [-0.2, 0) is 14.3 Å². The molecule has 0 aromatic carbocycles. The number of aliphatic hydroxyl groups is 5. The number of carbonyl (C=O) groups is 1. The topological polar surface area (TPSA) is 137 Å². The number of unbranched alkanes of at least 4 members (excludes halogenated alkanes) is 13. The molecule has 2 heterocycles. The monoisotopic (exact) mass is 612 g/mol. The standard InChI is InChI=1S/C35H64O8/c1-3-4-5-6-7-8-9-10-11-12-13-17-20-30(38)33-25-32(40)34(43-33)31(39)22-21-28(36)18-15-14-16-19-29(37)24-27-23-26(2)42-35(27)41/h23,26,28-34,36-40H,3-22,24-25H2,1-2H3. The van der Waals surface area contributed by atoms with Gasteiger partial charge in [-0.3, -0.25) is 0 Å². The first kappa shape index (κ1) is 38.2. The van der Waals surface area contributed by atoms with Gasteiger partial charge in [-0.05, 0) is 45.1 Å². The van der Waals surface area contributed by atoms with Crippen LogP contribution in [-0.4, -0.2) is 80.3 Å². The molecule has 0 aromatic heterocycles. The largest absolute Gasteiger partial charge is 0.455 e. The summed E-state index contributed by atoms with van der Waals surface area (Å²) in [7, 11) is 0. The fourth-order valence-electron chi connectivity index (χ4n) is 6.44. The van der Waals surface area contributed by atoms with Crippen molar-refractivity contribution in [3.63, 3.8) is 0 Å². The molecule has 0 radical (unpaired) electrons. The lowest BCUT2D eigenvalue weighted by molar-refractivity contribution is -0.139. The van der Waals surface area contributed by atoms with Gasteiger partial charge in [0, 0.05) is 18.4 Å². The highest BCUT2D eigenvalue weighted by molar-refractivity contribution is 5.90. The number of rotatable bonds is 26. The first-order valence-corrected chi connectivity index (χ1v) is 17.7. The Morgan fingerprint density at radius 3 is 1.84 bits per heavy atom. The van der Waals surface area contributed by atoms with Gasteiger partial charge >= 0.3 is 5.97 Å². The van der Waals surface area contributed by atoms with Crippen LogP contribution in [0.1, 0.15) is 155 Å². The van der Waals surface area contributed by atoms with Gasteiger partial charge in [0.15, 0.2) is 0 Å². The summed E-state index contributed by atoms with van der Waals surface area (Å²) in [5.74, 6) is -0.339. The quantitative estimate of drug-likeness (QED) is 0.0590. The Balaban J connectivity index is 1.47. The average molecular weight is 613 g/mol. The normalized spacial score (nSPS) is 25.0. The van der Waals surface area contributed by atoms with E-state index >= 15 is 0 Å². The van der Waals surface area contributed by atoms with Gasteiger partial charge in [0.1, 0.15) is 12.2 Å². The Morgan fingerprint density at radius 2 is 1.26 bits per heavy atom. The van der Waals surface area contributed by atoms with Crippen LogP contribution in [0.15, 0.2) is 11.6 Å². The molecule has 1 fully saturated rings. The molecule has 5 N–H and O–H groups in total. The Morgan fingerprint density at radius 1 is 0.721 bits per heavy atom. The minimum Gasteiger partial charge on any atom is -0.455 e. The zero-order valence-corrected chi connectivity index (χ0v) is 27.2. The summed E-state index contributed by atoms with van der Waals surface area (Å²) in [6.07, 6.45) is 17.8. The number of aliphatic hydroxyl groups excluding tert-OH is 5. The molecule has 252 valence electrons. The third-order valence-corrected chi connectivity index (χ3v) is 9.16. The summed E-state index contributed by atoms with van der Waals surface area (Å²) in [5, 5.41) is 52.3. The molecule has 8 atom stereocenters. The zero-order chi connectivity index (χ0) is 31.5. The summed E-state index contributed by atoms with van der Waals surface area (Å²) in [6.45, 7) is 4.05. The van der Waals surface area contributed by atoms with E-state index < -0.39 is 42.7 Å². The summed E-state index contributed by atoms with van der Waals surface area (Å²) in [6, 6.07) is 0. The number of esters is 1. The highest BCUT2D eigenvalue weighted by atomic mass is 16.5. The fourth-order valence-corrected chi connectivity index (χ4v) is 6.44. The first-order chi connectivity index (χ1) is 20.7. The maximum Gasteiger partial charge on any atom is 0.334 e. The second kappa shape index (κ2) is 22.5. The van der Waals surface area contributed by atoms with Crippen molar-refractivity contribution in [3.05, 3.63) is 11.6 Å². The summed E-state index contributed by atoms with van der Waals surface area (Å²) < 4.78 is 11.0. The molecule has 43 heavy (non-hydrogen) atoms. The van der Waals surface area contributed by atoms with Crippen molar-refractivity contribution in [1.82, 2.24) is 0 Å². The van der Waals surface area contributed by atoms with Gasteiger partial charge in [0.25, 0.3) is 0 Å². The summed E-state index contributed by atoms with van der Waals surface area (Å²) >= 11 is 0. The van der Waals surface area contributed by atoms with Crippen molar-refractivity contribution in [2.45, 2.75) is 204 Å². The van der Waals surface area contributed by atoms with Crippen molar-refractivity contribution >= 4 is 5.97 Å². The number of hydrogen-bond acceptors (Lipinski definition) is 8. The van der Waals surface area contributed by atoms with Crippen molar-refractivity contribution in [2.24, 2.45) is 0 Å². The molecule has 1 saturated heterocycles. The predicted molar refractivity (Wildman–Crippen MR) is 170 cm³/mol. The molecule has 0 saturated carbocycles. The maximum absolute atomic E-state index is 11.7. The molecule has 0 aromatic rings. The molecule has 8 unspecified atom stereocenters. The van der Waals surface area contributed by atoms with Gasteiger partial charge in [0.2, 0.25) is 0 Å². The summed E-state index contributed by atoms with van der Waals surface area (Å²) in [4.78, 5) is 11.7. The van der Waals surface area contributed by atoms with Crippen LogP contribution >= 0.6 is 0 Å². The highest BCUT2D eigenvalue weighted by Gasteiger charge is 2.41. The zero-order valence-electron chi connectivity index (χ0n) is 27.2. The molecular weight excluding hydrogens is 548 g/mol. The van der Waals surface area contributed by atoms with E-state index in [0.717, 1.165) is 32.1 Å². The highest BCUT2D eigenvalue weighted by Crippen LogP contribution is 2.29. The molecule has 2 rings (SSSR count). The average Bonchev–Trinajstić information content (AvgIpc) is 3.52. The molecule has 2 aliphatic rings. The van der Waals surface area contributed by atoms with Gasteiger partial charge in [0.05, 0.1) is 36.6 Å². The third kappa shape index (κ3) is 16.2. The fraction of sp³-hybridized carbons (Fsp3) is 0.914. The van der Waals surface area contributed by atoms with E-state index in [4.69, 9.17) is 9.47 Å². The molecule has 0 bridgehead atoms. The molecule has 0 spiro atoms. The Kier molecular flexibility index (Phi) is 19.9. The second-order valence-corrected chi connectivity index (χ2v) is 13.3. The number of ether oxygens (including phenoxy) is 2. The van der Waals surface area contributed by atoms with Crippen LogP contribution in [0, 0.1) is 0 Å². The van der Waals surface area contributed by atoms with Gasteiger partial charge in [-0.1, -0.05) is 103 Å². The van der Waals surface area contributed by atoms with Crippen molar-refractivity contribution in [1.29, 1.82) is 0 Å². The summed E-state index contributed by atoms with van der Waals surface area (Å²) in [5.41, 5.74) is 0.547. The number of hydrogen-bond donors (Lipinski definition) is 5. The van der Waals surface area contributed by atoms with E-state index in [1.54, 1.807) is 13.0 Å². The van der Waals surface area contributed by atoms with E-state index in [1.165, 1.54) is 64.2 Å². The lowest BCUT2D eigenvalue weighted by atomic mass is 9.97. The van der Waals surface area contributed by atoms with Gasteiger partial charge in [-0.15, -0.1) is 0 Å². The SMILES string of the molecule is CCCCCCCCCCCCCCC(O)C1CC(O)C(C(O)CCC(O)CCCCCC(O)CC2=CC(C)OC2=O)O1. The molecule has 0 aliphatic carbocycles. The Hall–Kier alpha value is -1.03. The second-order valence-electron chi connectivity index (χ2n) is 13.3. The van der Waals surface area contributed by atoms with Crippen molar-refractivity contribution in [2.75, 3.05) is 0 Å². The van der Waals surface area contributed by atoms with Crippen LogP contribution in [0.4, 0.5) is 0 Å². The number of carbonyl (C=O) groups excluding carboxylic acids is 1. The van der Waals surface area contributed by atoms with Crippen LogP contribution in [0.3, 0.4) is 0 Å². The van der Waals surface area contributed by atoms with Crippen LogP contribution in [0.2, 0.25) is 0 Å². The lowest BCUT2D eigenvalue weighted by Gasteiger charge is -2.23. The minimum atomic E-state index is -0.886. The first-order valence-electron chi connectivity index (χ1n) is 17.7. The smallest absolute Gasteiger partial charge is 0.334 e. The maximum atomic E-state index is 11.7. The third-order valence-electron chi connectivity index (χ3n) is 9.16. The van der Waals surface area contributed by atoms with Crippen LogP contribution < -0.4 is 0 Å². The molecular formula is C35H64O8. The van der Waals surface area contributed by atoms with Crippen molar-refractivity contribution in [3.8, 4) is 0 Å². The minimum absolute atomic E-state index is 0.222.